The monoisotopic (exact) mass is 594 g/mol. The van der Waals surface area contributed by atoms with Gasteiger partial charge in [0.25, 0.3) is 5.91 Å². The minimum absolute atomic E-state index is 0.230. The first-order valence-corrected chi connectivity index (χ1v) is 11.9. The van der Waals surface area contributed by atoms with E-state index in [1.54, 1.807) is 49.4 Å². The number of halogens is 3. The molecule has 0 fully saturated rings. The molecule has 11 heteroatoms. The van der Waals surface area contributed by atoms with Gasteiger partial charge in [0.15, 0.2) is 17.6 Å². The van der Waals surface area contributed by atoms with Gasteiger partial charge in [-0.1, -0.05) is 39.1 Å². The number of hydrazone groups is 1. The minimum atomic E-state index is -0.898. The number of methoxy groups -OCH3 is 2. The van der Waals surface area contributed by atoms with E-state index < -0.39 is 18.0 Å². The van der Waals surface area contributed by atoms with E-state index in [2.05, 4.69) is 26.5 Å². The predicted octanol–water partition coefficient (Wildman–Crippen LogP) is 5.91. The Morgan fingerprint density at radius 2 is 1.64 bits per heavy atom. The van der Waals surface area contributed by atoms with Gasteiger partial charge in [-0.2, -0.15) is 5.10 Å². The Morgan fingerprint density at radius 3 is 2.33 bits per heavy atom. The summed E-state index contributed by atoms with van der Waals surface area (Å²) in [6.45, 7) is 1.55. The molecule has 0 aliphatic carbocycles. The van der Waals surface area contributed by atoms with Crippen LogP contribution in [0.1, 0.15) is 22.8 Å². The van der Waals surface area contributed by atoms with Gasteiger partial charge in [-0.15, -0.1) is 0 Å². The summed E-state index contributed by atoms with van der Waals surface area (Å²) in [5.41, 5.74) is 3.09. The molecule has 1 N–H and O–H groups in total. The predicted molar refractivity (Wildman–Crippen MR) is 141 cm³/mol. The third-order valence-electron chi connectivity index (χ3n) is 4.74. The van der Waals surface area contributed by atoms with Crippen LogP contribution in [-0.4, -0.2) is 38.4 Å². The molecule has 1 atom stereocenters. The number of benzene rings is 3. The number of hydrogen-bond acceptors (Lipinski definition) is 7. The fraction of sp³-hybridized carbons (Fsp3) is 0.160. The lowest BCUT2D eigenvalue weighted by Gasteiger charge is -2.14. The third-order valence-corrected chi connectivity index (χ3v) is 5.76. The number of ether oxygens (including phenoxy) is 4. The lowest BCUT2D eigenvalue weighted by molar-refractivity contribution is -0.127. The third kappa shape index (κ3) is 7.13. The van der Waals surface area contributed by atoms with Crippen molar-refractivity contribution in [3.8, 4) is 23.0 Å². The standard InChI is InChI=1S/C25H21BrCl2N2O6/c1-14(35-21-9-6-18(27)12-19(21)28)24(31)30-29-13-16-10-17(26)5-8-20(16)36-25(32)15-4-7-22(33-2)23(11-15)34-3/h4-14H,1-3H3,(H,30,31)/b29-13-/t14-/m1/s1. The average molecular weight is 596 g/mol. The smallest absolute Gasteiger partial charge is 0.343 e. The van der Waals surface area contributed by atoms with Crippen molar-refractivity contribution in [2.24, 2.45) is 5.10 Å². The molecule has 3 rings (SSSR count). The van der Waals surface area contributed by atoms with Crippen molar-refractivity contribution < 1.29 is 28.5 Å². The highest BCUT2D eigenvalue weighted by Gasteiger charge is 2.17. The maximum atomic E-state index is 12.7. The van der Waals surface area contributed by atoms with Crippen molar-refractivity contribution in [1.29, 1.82) is 0 Å². The van der Waals surface area contributed by atoms with E-state index in [9.17, 15) is 9.59 Å². The molecular weight excluding hydrogens is 575 g/mol. The molecule has 36 heavy (non-hydrogen) atoms. The van der Waals surface area contributed by atoms with E-state index >= 15 is 0 Å². The van der Waals surface area contributed by atoms with Crippen LogP contribution < -0.4 is 24.4 Å². The Hall–Kier alpha value is -3.27. The van der Waals surface area contributed by atoms with Gasteiger partial charge >= 0.3 is 5.97 Å². The first-order valence-electron chi connectivity index (χ1n) is 10.4. The summed E-state index contributed by atoms with van der Waals surface area (Å²) >= 11 is 15.3. The van der Waals surface area contributed by atoms with Gasteiger partial charge in [0.1, 0.15) is 11.5 Å². The second kappa shape index (κ2) is 12.6. The maximum absolute atomic E-state index is 12.7. The molecule has 0 saturated heterocycles. The largest absolute Gasteiger partial charge is 0.493 e. The topological polar surface area (TPSA) is 95.5 Å². The Morgan fingerprint density at radius 1 is 0.944 bits per heavy atom. The minimum Gasteiger partial charge on any atom is -0.493 e. The molecule has 1 amide bonds. The SMILES string of the molecule is COc1ccc(C(=O)Oc2ccc(Br)cc2/C=N\NC(=O)[C@@H](C)Oc2ccc(Cl)cc2Cl)cc1OC. The summed E-state index contributed by atoms with van der Waals surface area (Å²) in [6.07, 6.45) is 0.452. The molecule has 0 bridgehead atoms. The fourth-order valence-corrected chi connectivity index (χ4v) is 3.74. The van der Waals surface area contributed by atoms with Crippen LogP contribution in [-0.2, 0) is 4.79 Å². The number of nitrogens with one attached hydrogen (secondary N) is 1. The first kappa shape index (κ1) is 27.3. The number of rotatable bonds is 9. The lowest BCUT2D eigenvalue weighted by Crippen LogP contribution is -2.33. The van der Waals surface area contributed by atoms with Crippen LogP contribution in [0.25, 0.3) is 0 Å². The van der Waals surface area contributed by atoms with Crippen molar-refractivity contribution >= 4 is 57.2 Å². The van der Waals surface area contributed by atoms with E-state index in [1.807, 2.05) is 0 Å². The zero-order chi connectivity index (χ0) is 26.2. The molecular formula is C25H21BrCl2N2O6. The second-order valence-electron chi connectivity index (χ2n) is 7.21. The Labute approximate surface area is 226 Å². The molecule has 0 aromatic heterocycles. The van der Waals surface area contributed by atoms with Crippen molar-refractivity contribution in [1.82, 2.24) is 5.43 Å². The van der Waals surface area contributed by atoms with Gasteiger partial charge in [0.05, 0.1) is 31.0 Å². The van der Waals surface area contributed by atoms with Crippen LogP contribution in [0, 0.1) is 0 Å². The number of carbonyl (C=O) groups is 2. The molecule has 0 spiro atoms. The van der Waals surface area contributed by atoms with Crippen LogP contribution in [0.4, 0.5) is 0 Å². The van der Waals surface area contributed by atoms with Crippen molar-refractivity contribution in [2.75, 3.05) is 14.2 Å². The van der Waals surface area contributed by atoms with Crippen LogP contribution in [0.3, 0.4) is 0 Å². The highest BCUT2D eigenvalue weighted by atomic mass is 79.9. The summed E-state index contributed by atoms with van der Waals surface area (Å²) in [6, 6.07) is 14.4. The molecule has 3 aromatic rings. The van der Waals surface area contributed by atoms with Gasteiger partial charge in [-0.05, 0) is 61.5 Å². The molecule has 0 aliphatic rings. The molecule has 188 valence electrons. The highest BCUT2D eigenvalue weighted by Crippen LogP contribution is 2.30. The zero-order valence-corrected chi connectivity index (χ0v) is 22.5. The molecule has 0 aliphatic heterocycles. The van der Waals surface area contributed by atoms with Gasteiger partial charge in [-0.25, -0.2) is 10.2 Å². The van der Waals surface area contributed by atoms with Crippen LogP contribution in [0.15, 0.2) is 64.2 Å². The summed E-state index contributed by atoms with van der Waals surface area (Å²) in [5.74, 6) is 0.286. The maximum Gasteiger partial charge on any atom is 0.343 e. The van der Waals surface area contributed by atoms with Gasteiger partial charge in [0, 0.05) is 15.1 Å². The summed E-state index contributed by atoms with van der Waals surface area (Å²) in [5, 5.41) is 4.69. The fourth-order valence-electron chi connectivity index (χ4n) is 2.91. The van der Waals surface area contributed by atoms with Gasteiger partial charge in [-0.3, -0.25) is 4.79 Å². The zero-order valence-electron chi connectivity index (χ0n) is 19.4. The number of carbonyl (C=O) groups excluding carboxylic acids is 2. The molecule has 0 saturated carbocycles. The quantitative estimate of drug-likeness (QED) is 0.143. The molecule has 0 heterocycles. The highest BCUT2D eigenvalue weighted by molar-refractivity contribution is 9.10. The number of hydrogen-bond donors (Lipinski definition) is 1. The van der Waals surface area contributed by atoms with E-state index in [-0.39, 0.29) is 16.3 Å². The average Bonchev–Trinajstić information content (AvgIpc) is 2.86. The van der Waals surface area contributed by atoms with E-state index in [1.165, 1.54) is 32.6 Å². The molecule has 0 radical (unpaired) electrons. The van der Waals surface area contributed by atoms with Gasteiger partial charge in [0.2, 0.25) is 0 Å². The molecule has 8 nitrogen and oxygen atoms in total. The number of nitrogens with zero attached hydrogens (tertiary/aromatic N) is 1. The molecule has 0 unspecified atom stereocenters. The van der Waals surface area contributed by atoms with Crippen molar-refractivity contribution in [2.45, 2.75) is 13.0 Å². The van der Waals surface area contributed by atoms with Gasteiger partial charge < -0.3 is 18.9 Å². The number of esters is 1. The summed E-state index contributed by atoms with van der Waals surface area (Å²) in [4.78, 5) is 25.1. The lowest BCUT2D eigenvalue weighted by atomic mass is 10.2. The van der Waals surface area contributed by atoms with E-state index in [0.717, 1.165) is 4.47 Å². The number of amides is 1. The van der Waals surface area contributed by atoms with Crippen LogP contribution in [0.2, 0.25) is 10.0 Å². The Balaban J connectivity index is 1.69. The Bertz CT molecular complexity index is 1300. The second-order valence-corrected chi connectivity index (χ2v) is 8.97. The summed E-state index contributed by atoms with van der Waals surface area (Å²) in [7, 11) is 2.97. The van der Waals surface area contributed by atoms with Crippen LogP contribution >= 0.6 is 39.1 Å². The Kier molecular flexibility index (Phi) is 9.58. The summed E-state index contributed by atoms with van der Waals surface area (Å²) < 4.78 is 22.3. The normalized spacial score (nSPS) is 11.6. The van der Waals surface area contributed by atoms with Crippen molar-refractivity contribution in [3.05, 3.63) is 80.2 Å². The molecule has 3 aromatic carbocycles. The van der Waals surface area contributed by atoms with Crippen molar-refractivity contribution in [3.63, 3.8) is 0 Å². The van der Waals surface area contributed by atoms with E-state index in [0.29, 0.717) is 27.8 Å². The first-order chi connectivity index (χ1) is 17.2. The van der Waals surface area contributed by atoms with E-state index in [4.69, 9.17) is 42.1 Å². The van der Waals surface area contributed by atoms with Crippen LogP contribution in [0.5, 0.6) is 23.0 Å².